The molecule has 0 radical (unpaired) electrons. The van der Waals surface area contributed by atoms with Crippen LogP contribution in [0.15, 0.2) is 18.3 Å². The maximum atomic E-state index is 14.0. The summed E-state index contributed by atoms with van der Waals surface area (Å²) in [5.74, 6) is -3.87. The lowest BCUT2D eigenvalue weighted by Crippen LogP contribution is -2.57. The van der Waals surface area contributed by atoms with Crippen molar-refractivity contribution in [3.8, 4) is 0 Å². The molecule has 0 unspecified atom stereocenters. The van der Waals surface area contributed by atoms with Crippen LogP contribution in [0.2, 0.25) is 0 Å². The number of carbonyl (C=O) groups excluding carboxylic acids is 2. The maximum absolute atomic E-state index is 14.0. The molecule has 1 spiro atoms. The summed E-state index contributed by atoms with van der Waals surface area (Å²) in [5.41, 5.74) is -0.802. The minimum absolute atomic E-state index is 0.0540. The molecule has 1 aromatic heterocycles. The molecule has 21 heavy (non-hydrogen) atoms. The van der Waals surface area contributed by atoms with Crippen molar-refractivity contribution in [2.75, 3.05) is 19.6 Å². The number of hydrogen-bond acceptors (Lipinski definition) is 2. The number of carbonyl (C=O) groups is 2. The molecule has 0 bridgehead atoms. The van der Waals surface area contributed by atoms with E-state index in [0.717, 1.165) is 4.90 Å². The van der Waals surface area contributed by atoms with E-state index in [0.29, 0.717) is 18.7 Å². The minimum Gasteiger partial charge on any atom is -0.356 e. The van der Waals surface area contributed by atoms with E-state index in [1.807, 2.05) is 0 Å². The van der Waals surface area contributed by atoms with Gasteiger partial charge in [-0.3, -0.25) is 9.59 Å². The van der Waals surface area contributed by atoms with Gasteiger partial charge in [-0.15, -0.1) is 0 Å². The third-order valence-electron chi connectivity index (χ3n) is 4.33. The number of likely N-dealkylation sites (tertiary alicyclic amines) is 1. The van der Waals surface area contributed by atoms with Crippen LogP contribution in [0.25, 0.3) is 0 Å². The highest BCUT2D eigenvalue weighted by Crippen LogP contribution is 2.43. The second-order valence-corrected chi connectivity index (χ2v) is 5.98. The first-order valence-electron chi connectivity index (χ1n) is 6.90. The van der Waals surface area contributed by atoms with Crippen molar-refractivity contribution in [2.45, 2.75) is 18.8 Å². The topological polar surface area (TPSA) is 54.3 Å². The molecule has 0 saturated carbocycles. The van der Waals surface area contributed by atoms with Gasteiger partial charge in [-0.2, -0.15) is 0 Å². The Morgan fingerprint density at radius 3 is 2.71 bits per heavy atom. The van der Waals surface area contributed by atoms with Gasteiger partial charge >= 0.3 is 0 Å². The Morgan fingerprint density at radius 1 is 1.38 bits per heavy atom. The number of alkyl halides is 2. The fourth-order valence-corrected chi connectivity index (χ4v) is 3.33. The van der Waals surface area contributed by atoms with Gasteiger partial charge in [-0.05, 0) is 18.6 Å². The van der Waals surface area contributed by atoms with E-state index in [2.05, 4.69) is 5.32 Å². The summed E-state index contributed by atoms with van der Waals surface area (Å²) >= 11 is 0. The lowest BCUT2D eigenvalue weighted by atomic mass is 9.77. The molecule has 3 rings (SSSR count). The molecule has 0 aliphatic carbocycles. The smallest absolute Gasteiger partial charge is 0.270 e. The molecule has 114 valence electrons. The largest absolute Gasteiger partial charge is 0.356 e. The molecule has 2 fully saturated rings. The van der Waals surface area contributed by atoms with Gasteiger partial charge in [0.05, 0.1) is 12.0 Å². The van der Waals surface area contributed by atoms with Crippen LogP contribution >= 0.6 is 0 Å². The van der Waals surface area contributed by atoms with Gasteiger partial charge in [0.15, 0.2) is 0 Å². The van der Waals surface area contributed by atoms with Crippen LogP contribution in [-0.2, 0) is 11.8 Å². The number of aromatic nitrogens is 1. The van der Waals surface area contributed by atoms with Gasteiger partial charge in [0, 0.05) is 32.8 Å². The summed E-state index contributed by atoms with van der Waals surface area (Å²) in [6, 6.07) is 3.28. The first kappa shape index (κ1) is 14.0. The van der Waals surface area contributed by atoms with E-state index in [9.17, 15) is 18.4 Å². The van der Waals surface area contributed by atoms with Crippen LogP contribution in [0, 0.1) is 5.41 Å². The Morgan fingerprint density at radius 2 is 2.14 bits per heavy atom. The van der Waals surface area contributed by atoms with Gasteiger partial charge in [0.1, 0.15) is 5.69 Å². The second-order valence-electron chi connectivity index (χ2n) is 5.98. The van der Waals surface area contributed by atoms with E-state index >= 15 is 0 Å². The van der Waals surface area contributed by atoms with Crippen molar-refractivity contribution < 1.29 is 18.4 Å². The summed E-state index contributed by atoms with van der Waals surface area (Å²) in [6.07, 6.45) is 1.55. The molecule has 3 heterocycles. The molecule has 1 N–H and O–H groups in total. The molecular weight excluding hydrogens is 280 g/mol. The van der Waals surface area contributed by atoms with Crippen LogP contribution in [0.3, 0.4) is 0 Å². The lowest BCUT2D eigenvalue weighted by molar-refractivity contribution is -0.144. The monoisotopic (exact) mass is 297 g/mol. The molecule has 2 aliphatic rings. The van der Waals surface area contributed by atoms with Crippen molar-refractivity contribution >= 4 is 11.8 Å². The fourth-order valence-electron chi connectivity index (χ4n) is 3.33. The fraction of sp³-hybridized carbons (Fsp3) is 0.571. The zero-order valence-corrected chi connectivity index (χ0v) is 11.7. The minimum atomic E-state index is -3.04. The van der Waals surface area contributed by atoms with Crippen molar-refractivity contribution in [2.24, 2.45) is 12.5 Å². The highest BCUT2D eigenvalue weighted by molar-refractivity contribution is 5.94. The van der Waals surface area contributed by atoms with E-state index < -0.39 is 30.2 Å². The average Bonchev–Trinajstić information content (AvgIpc) is 2.95. The van der Waals surface area contributed by atoms with Crippen LogP contribution in [0.1, 0.15) is 23.3 Å². The molecule has 1 atom stereocenters. The standard InChI is InChI=1S/C14H17F2N3O2/c1-18-6-2-3-10(18)11(20)19-8-13(4-5-17-12(13)21)7-14(15,16)9-19/h2-3,6H,4-5,7-9H2,1H3,(H,17,21)/t13-/m0/s1. The number of aryl methyl sites for hydroxylation is 1. The Kier molecular flexibility index (Phi) is 3.04. The Balaban J connectivity index is 1.90. The quantitative estimate of drug-likeness (QED) is 0.841. The van der Waals surface area contributed by atoms with E-state index in [-0.39, 0.29) is 12.5 Å². The number of rotatable bonds is 1. The summed E-state index contributed by atoms with van der Waals surface area (Å²) in [5, 5.41) is 2.61. The van der Waals surface area contributed by atoms with E-state index in [1.54, 1.807) is 29.9 Å². The second kappa shape index (κ2) is 4.54. The predicted molar refractivity (Wildman–Crippen MR) is 70.9 cm³/mol. The number of halogens is 2. The number of nitrogens with one attached hydrogen (secondary N) is 1. The Bertz CT molecular complexity index is 599. The summed E-state index contributed by atoms with van der Waals surface area (Å²) in [6.45, 7) is -0.189. The number of hydrogen-bond donors (Lipinski definition) is 1. The third-order valence-corrected chi connectivity index (χ3v) is 4.33. The first-order valence-corrected chi connectivity index (χ1v) is 6.90. The average molecular weight is 297 g/mol. The summed E-state index contributed by atoms with van der Waals surface area (Å²) in [4.78, 5) is 25.5. The highest BCUT2D eigenvalue weighted by Gasteiger charge is 2.55. The zero-order valence-electron chi connectivity index (χ0n) is 11.7. The predicted octanol–water partition coefficient (Wildman–Crippen LogP) is 1.01. The number of amides is 2. The molecular formula is C14H17F2N3O2. The van der Waals surface area contributed by atoms with Crippen LogP contribution in [0.4, 0.5) is 8.78 Å². The molecule has 2 saturated heterocycles. The highest BCUT2D eigenvalue weighted by atomic mass is 19.3. The molecule has 5 nitrogen and oxygen atoms in total. The SMILES string of the molecule is Cn1cccc1C(=O)N1CC(F)(F)C[C@@]2(CCNC2=O)C1. The van der Waals surface area contributed by atoms with Crippen LogP contribution in [-0.4, -0.2) is 46.8 Å². The van der Waals surface area contributed by atoms with Crippen molar-refractivity contribution in [3.63, 3.8) is 0 Å². The number of piperidine rings is 1. The van der Waals surface area contributed by atoms with Crippen LogP contribution in [0.5, 0.6) is 0 Å². The van der Waals surface area contributed by atoms with Gasteiger partial charge < -0.3 is 14.8 Å². The summed E-state index contributed by atoms with van der Waals surface area (Å²) < 4.78 is 29.7. The Labute approximate surface area is 120 Å². The van der Waals surface area contributed by atoms with Gasteiger partial charge in [0.25, 0.3) is 11.8 Å². The molecule has 2 aliphatic heterocycles. The third kappa shape index (κ3) is 2.30. The van der Waals surface area contributed by atoms with E-state index in [4.69, 9.17) is 0 Å². The number of nitrogens with zero attached hydrogens (tertiary/aromatic N) is 2. The van der Waals surface area contributed by atoms with Crippen molar-refractivity contribution in [1.29, 1.82) is 0 Å². The Hall–Kier alpha value is -1.92. The maximum Gasteiger partial charge on any atom is 0.270 e. The van der Waals surface area contributed by atoms with Gasteiger partial charge in [-0.25, -0.2) is 8.78 Å². The summed E-state index contributed by atoms with van der Waals surface area (Å²) in [7, 11) is 1.69. The molecule has 2 amide bonds. The molecule has 0 aromatic carbocycles. The lowest BCUT2D eigenvalue weighted by Gasteiger charge is -2.42. The first-order chi connectivity index (χ1) is 9.83. The van der Waals surface area contributed by atoms with Crippen LogP contribution < -0.4 is 5.32 Å². The molecule has 7 heteroatoms. The molecule has 1 aromatic rings. The van der Waals surface area contributed by atoms with E-state index in [1.165, 1.54) is 0 Å². The normalized spacial score (nSPS) is 28.0. The van der Waals surface area contributed by atoms with Gasteiger partial charge in [0.2, 0.25) is 5.91 Å². The van der Waals surface area contributed by atoms with Gasteiger partial charge in [-0.1, -0.05) is 0 Å². The van der Waals surface area contributed by atoms with Crippen molar-refractivity contribution in [3.05, 3.63) is 24.0 Å². The van der Waals surface area contributed by atoms with Crippen molar-refractivity contribution in [1.82, 2.24) is 14.8 Å². The zero-order chi connectivity index (χ0) is 15.3.